The maximum atomic E-state index is 13.2. The quantitative estimate of drug-likeness (QED) is 0.848. The maximum absolute atomic E-state index is 13.2. The van der Waals surface area contributed by atoms with Gasteiger partial charge in [0.25, 0.3) is 0 Å². The number of hydrogen-bond donors (Lipinski definition) is 2. The highest BCUT2D eigenvalue weighted by Gasteiger charge is 2.17. The average molecular weight is 241 g/mol. The fraction of sp³-hybridized carbons (Fsp3) is 0.538. The SMILES string of the molecule is OCc1cc(F)c(F)cc1CC1CCCNC1. The van der Waals surface area contributed by atoms with Crippen molar-refractivity contribution in [2.45, 2.75) is 25.9 Å². The lowest BCUT2D eigenvalue weighted by Crippen LogP contribution is -2.31. The summed E-state index contributed by atoms with van der Waals surface area (Å²) >= 11 is 0. The van der Waals surface area contributed by atoms with Gasteiger partial charge in [-0.05, 0) is 61.5 Å². The molecule has 0 aliphatic carbocycles. The molecule has 1 aromatic rings. The van der Waals surface area contributed by atoms with E-state index in [2.05, 4.69) is 5.32 Å². The molecule has 1 aromatic carbocycles. The molecule has 1 heterocycles. The Kier molecular flexibility index (Phi) is 4.07. The molecular weight excluding hydrogens is 224 g/mol. The molecule has 1 atom stereocenters. The van der Waals surface area contributed by atoms with Crippen molar-refractivity contribution in [3.63, 3.8) is 0 Å². The largest absolute Gasteiger partial charge is 0.392 e. The van der Waals surface area contributed by atoms with E-state index in [1.807, 2.05) is 0 Å². The molecule has 0 bridgehead atoms. The topological polar surface area (TPSA) is 32.3 Å². The van der Waals surface area contributed by atoms with Gasteiger partial charge in [0.15, 0.2) is 11.6 Å². The number of halogens is 2. The van der Waals surface area contributed by atoms with Crippen molar-refractivity contribution in [2.24, 2.45) is 5.92 Å². The molecular formula is C13H17F2NO. The summed E-state index contributed by atoms with van der Waals surface area (Å²) in [5, 5.41) is 12.4. The minimum Gasteiger partial charge on any atom is -0.392 e. The second kappa shape index (κ2) is 5.56. The molecule has 1 saturated heterocycles. The highest BCUT2D eigenvalue weighted by Crippen LogP contribution is 2.21. The van der Waals surface area contributed by atoms with Crippen molar-refractivity contribution in [3.8, 4) is 0 Å². The van der Waals surface area contributed by atoms with E-state index >= 15 is 0 Å². The van der Waals surface area contributed by atoms with Crippen LogP contribution >= 0.6 is 0 Å². The first-order valence-electron chi connectivity index (χ1n) is 5.99. The fourth-order valence-corrected chi connectivity index (χ4v) is 2.38. The minimum atomic E-state index is -0.889. The Morgan fingerprint density at radius 2 is 1.94 bits per heavy atom. The van der Waals surface area contributed by atoms with E-state index in [4.69, 9.17) is 5.11 Å². The summed E-state index contributed by atoms with van der Waals surface area (Å²) in [7, 11) is 0. The molecule has 4 heteroatoms. The molecule has 2 N–H and O–H groups in total. The van der Waals surface area contributed by atoms with Gasteiger partial charge < -0.3 is 10.4 Å². The van der Waals surface area contributed by atoms with Crippen LogP contribution in [0, 0.1) is 17.6 Å². The van der Waals surface area contributed by atoms with Crippen LogP contribution in [-0.4, -0.2) is 18.2 Å². The molecule has 94 valence electrons. The number of aliphatic hydroxyl groups is 1. The number of nitrogens with one attached hydrogen (secondary N) is 1. The first kappa shape index (κ1) is 12.5. The molecule has 0 amide bonds. The van der Waals surface area contributed by atoms with Crippen molar-refractivity contribution in [1.82, 2.24) is 5.32 Å². The smallest absolute Gasteiger partial charge is 0.159 e. The lowest BCUT2D eigenvalue weighted by Gasteiger charge is -2.23. The third-order valence-electron chi connectivity index (χ3n) is 3.32. The van der Waals surface area contributed by atoms with E-state index < -0.39 is 11.6 Å². The van der Waals surface area contributed by atoms with E-state index in [-0.39, 0.29) is 6.61 Å². The monoisotopic (exact) mass is 241 g/mol. The van der Waals surface area contributed by atoms with Crippen LogP contribution in [0.5, 0.6) is 0 Å². The summed E-state index contributed by atoms with van der Waals surface area (Å²) in [6, 6.07) is 2.32. The lowest BCUT2D eigenvalue weighted by atomic mass is 9.90. The molecule has 0 spiro atoms. The maximum Gasteiger partial charge on any atom is 0.159 e. The predicted molar refractivity (Wildman–Crippen MR) is 61.6 cm³/mol. The Balaban J connectivity index is 2.15. The second-order valence-corrected chi connectivity index (χ2v) is 4.61. The van der Waals surface area contributed by atoms with Gasteiger partial charge in [-0.25, -0.2) is 8.78 Å². The molecule has 17 heavy (non-hydrogen) atoms. The Bertz CT molecular complexity index is 389. The number of hydrogen-bond acceptors (Lipinski definition) is 2. The zero-order chi connectivity index (χ0) is 12.3. The summed E-state index contributed by atoms with van der Waals surface area (Å²) in [5.74, 6) is -1.28. The first-order chi connectivity index (χ1) is 8.20. The number of rotatable bonds is 3. The van der Waals surface area contributed by atoms with Gasteiger partial charge in [-0.1, -0.05) is 0 Å². The van der Waals surface area contributed by atoms with E-state index in [0.717, 1.165) is 37.6 Å². The van der Waals surface area contributed by atoms with Crippen molar-refractivity contribution in [2.75, 3.05) is 13.1 Å². The Morgan fingerprint density at radius 3 is 2.53 bits per heavy atom. The molecule has 2 nitrogen and oxygen atoms in total. The van der Waals surface area contributed by atoms with Gasteiger partial charge in [-0.15, -0.1) is 0 Å². The molecule has 0 radical (unpaired) electrons. The van der Waals surface area contributed by atoms with Gasteiger partial charge in [0, 0.05) is 0 Å². The minimum absolute atomic E-state index is 0.243. The summed E-state index contributed by atoms with van der Waals surface area (Å²) in [5.41, 5.74) is 1.22. The lowest BCUT2D eigenvalue weighted by molar-refractivity contribution is 0.278. The summed E-state index contributed by atoms with van der Waals surface area (Å²) in [6.45, 7) is 1.69. The van der Waals surface area contributed by atoms with Crippen LogP contribution in [0.3, 0.4) is 0 Å². The van der Waals surface area contributed by atoms with Gasteiger partial charge in [0.1, 0.15) is 0 Å². The van der Waals surface area contributed by atoms with E-state index in [0.29, 0.717) is 17.9 Å². The van der Waals surface area contributed by atoms with Gasteiger partial charge in [0.05, 0.1) is 6.61 Å². The van der Waals surface area contributed by atoms with Crippen LogP contribution in [0.25, 0.3) is 0 Å². The van der Waals surface area contributed by atoms with Gasteiger partial charge >= 0.3 is 0 Å². The van der Waals surface area contributed by atoms with Gasteiger partial charge in [-0.2, -0.15) is 0 Å². The van der Waals surface area contributed by atoms with Crippen molar-refractivity contribution >= 4 is 0 Å². The third kappa shape index (κ3) is 3.01. The van der Waals surface area contributed by atoms with Crippen LogP contribution in [0.1, 0.15) is 24.0 Å². The Labute approximate surface area is 99.7 Å². The highest BCUT2D eigenvalue weighted by molar-refractivity contribution is 5.29. The normalized spacial score (nSPS) is 20.5. The van der Waals surface area contributed by atoms with Crippen LogP contribution < -0.4 is 5.32 Å². The summed E-state index contributed by atoms with van der Waals surface area (Å²) < 4.78 is 26.2. The third-order valence-corrected chi connectivity index (χ3v) is 3.32. The number of benzene rings is 1. The zero-order valence-corrected chi connectivity index (χ0v) is 9.68. The number of piperidine rings is 1. The van der Waals surface area contributed by atoms with Crippen molar-refractivity contribution in [3.05, 3.63) is 34.9 Å². The van der Waals surface area contributed by atoms with Crippen LogP contribution in [0.2, 0.25) is 0 Å². The van der Waals surface area contributed by atoms with Gasteiger partial charge in [-0.3, -0.25) is 0 Å². The average Bonchev–Trinajstić information content (AvgIpc) is 2.35. The van der Waals surface area contributed by atoms with Crippen molar-refractivity contribution < 1.29 is 13.9 Å². The van der Waals surface area contributed by atoms with Crippen molar-refractivity contribution in [1.29, 1.82) is 0 Å². The van der Waals surface area contributed by atoms with Crippen LogP contribution in [0.15, 0.2) is 12.1 Å². The Morgan fingerprint density at radius 1 is 1.24 bits per heavy atom. The molecule has 1 unspecified atom stereocenters. The standard InChI is InChI=1S/C13H17F2NO/c14-12-5-10(11(8-17)6-13(12)15)4-9-2-1-3-16-7-9/h5-6,9,16-17H,1-4,7-8H2. The molecule has 0 saturated carbocycles. The first-order valence-corrected chi connectivity index (χ1v) is 5.99. The highest BCUT2D eigenvalue weighted by atomic mass is 19.2. The molecule has 1 aliphatic heterocycles. The molecule has 1 aliphatic rings. The summed E-state index contributed by atoms with van der Waals surface area (Å²) in [4.78, 5) is 0. The molecule has 1 fully saturated rings. The van der Waals surface area contributed by atoms with Gasteiger partial charge in [0.2, 0.25) is 0 Å². The van der Waals surface area contributed by atoms with E-state index in [9.17, 15) is 8.78 Å². The van der Waals surface area contributed by atoms with Crippen LogP contribution in [-0.2, 0) is 13.0 Å². The second-order valence-electron chi connectivity index (χ2n) is 4.61. The fourth-order valence-electron chi connectivity index (χ4n) is 2.38. The Hall–Kier alpha value is -1.00. The van der Waals surface area contributed by atoms with Crippen LogP contribution in [0.4, 0.5) is 8.78 Å². The zero-order valence-electron chi connectivity index (χ0n) is 9.68. The predicted octanol–water partition coefficient (Wildman–Crippen LogP) is 2.00. The molecule has 0 aromatic heterocycles. The summed E-state index contributed by atoms with van der Waals surface area (Å²) in [6.07, 6.45) is 2.90. The molecule has 2 rings (SSSR count). The number of aliphatic hydroxyl groups excluding tert-OH is 1. The van der Waals surface area contributed by atoms with E-state index in [1.165, 1.54) is 6.07 Å². The van der Waals surface area contributed by atoms with E-state index in [1.54, 1.807) is 0 Å².